The SMILES string of the molecule is COc1ccc(F)c(-c2ccc(COc3cccc([C@H](CC(=O)O)[C@H]4C[C@@H]4C)c3)cc2C2=CCCC2(C)C)c1. The highest BCUT2D eigenvalue weighted by molar-refractivity contribution is 5.85. The number of halogens is 1. The number of carboxylic acid groups (broad SMARTS) is 1. The van der Waals surface area contributed by atoms with Crippen molar-refractivity contribution in [1.82, 2.24) is 0 Å². The van der Waals surface area contributed by atoms with E-state index in [1.54, 1.807) is 19.2 Å². The van der Waals surface area contributed by atoms with E-state index in [-0.39, 0.29) is 23.6 Å². The van der Waals surface area contributed by atoms with Gasteiger partial charge in [0.2, 0.25) is 0 Å². The van der Waals surface area contributed by atoms with Crippen LogP contribution in [0.5, 0.6) is 11.5 Å². The molecule has 5 heteroatoms. The van der Waals surface area contributed by atoms with Crippen molar-refractivity contribution < 1.29 is 23.8 Å². The second kappa shape index (κ2) is 10.9. The lowest BCUT2D eigenvalue weighted by Gasteiger charge is -2.25. The molecule has 0 aliphatic heterocycles. The fourth-order valence-electron chi connectivity index (χ4n) is 6.06. The van der Waals surface area contributed by atoms with E-state index in [0.29, 0.717) is 29.8 Å². The Balaban J connectivity index is 1.44. The number of hydrogen-bond acceptors (Lipinski definition) is 3. The first-order chi connectivity index (χ1) is 18.7. The van der Waals surface area contributed by atoms with Crippen molar-refractivity contribution in [3.05, 3.63) is 89.2 Å². The Morgan fingerprint density at radius 2 is 1.85 bits per heavy atom. The van der Waals surface area contributed by atoms with Crippen molar-refractivity contribution in [2.75, 3.05) is 7.11 Å². The zero-order valence-corrected chi connectivity index (χ0v) is 23.2. The molecule has 0 amide bonds. The maximum atomic E-state index is 15.1. The normalized spacial score (nSPS) is 20.3. The minimum absolute atomic E-state index is 0.00114. The van der Waals surface area contributed by atoms with Crippen LogP contribution in [-0.2, 0) is 11.4 Å². The van der Waals surface area contributed by atoms with Crippen LogP contribution < -0.4 is 9.47 Å². The lowest BCUT2D eigenvalue weighted by atomic mass is 9.79. The van der Waals surface area contributed by atoms with Gasteiger partial charge in [0.25, 0.3) is 0 Å². The van der Waals surface area contributed by atoms with Gasteiger partial charge in [-0.3, -0.25) is 4.79 Å². The molecule has 1 fully saturated rings. The van der Waals surface area contributed by atoms with Gasteiger partial charge >= 0.3 is 5.97 Å². The van der Waals surface area contributed by atoms with E-state index in [9.17, 15) is 9.90 Å². The van der Waals surface area contributed by atoms with Gasteiger partial charge in [-0.2, -0.15) is 0 Å². The van der Waals surface area contributed by atoms with Crippen molar-refractivity contribution in [2.45, 2.75) is 59.0 Å². The number of carboxylic acids is 1. The summed E-state index contributed by atoms with van der Waals surface area (Å²) in [6.07, 6.45) is 5.51. The number of rotatable bonds is 10. The quantitative estimate of drug-likeness (QED) is 0.287. The van der Waals surface area contributed by atoms with E-state index in [0.717, 1.165) is 47.3 Å². The standard InChI is InChI=1S/C34H37FO4/c1-21-15-27(21)28(19-33(36)37)23-7-5-8-25(17-23)39-20-22-10-12-26(30-18-24(38-4)11-13-32(30)35)29(16-22)31-9-6-14-34(31,2)3/h5,7-13,16-18,21,27-28H,6,14-15,19-20H2,1-4H3,(H,36,37)/t21-,27-,28-/m0/s1. The third-order valence-electron chi connectivity index (χ3n) is 8.46. The van der Waals surface area contributed by atoms with Gasteiger partial charge in [0.05, 0.1) is 13.5 Å². The summed E-state index contributed by atoms with van der Waals surface area (Å²) < 4.78 is 26.7. The van der Waals surface area contributed by atoms with Gasteiger partial charge in [-0.05, 0) is 107 Å². The second-order valence-electron chi connectivity index (χ2n) is 11.7. The van der Waals surface area contributed by atoms with Crippen molar-refractivity contribution in [1.29, 1.82) is 0 Å². The fraction of sp³-hybridized carbons (Fsp3) is 0.382. The summed E-state index contributed by atoms with van der Waals surface area (Å²) in [4.78, 5) is 11.5. The molecule has 4 nitrogen and oxygen atoms in total. The first kappa shape index (κ1) is 27.0. The Morgan fingerprint density at radius 3 is 2.51 bits per heavy atom. The molecule has 0 radical (unpaired) electrons. The zero-order valence-electron chi connectivity index (χ0n) is 23.2. The molecule has 5 rings (SSSR count). The van der Waals surface area contributed by atoms with Crippen LogP contribution in [0.4, 0.5) is 4.39 Å². The van der Waals surface area contributed by atoms with Crippen LogP contribution in [0, 0.1) is 23.1 Å². The topological polar surface area (TPSA) is 55.8 Å². The third-order valence-corrected chi connectivity index (χ3v) is 8.46. The molecule has 3 aromatic carbocycles. The number of allylic oxidation sites excluding steroid dienone is 2. The Morgan fingerprint density at radius 1 is 1.05 bits per heavy atom. The van der Waals surface area contributed by atoms with Gasteiger partial charge in [0.15, 0.2) is 0 Å². The average molecular weight is 529 g/mol. The molecule has 0 aromatic heterocycles. The number of carbonyl (C=O) groups is 1. The summed E-state index contributed by atoms with van der Waals surface area (Å²) in [6.45, 7) is 7.01. The highest BCUT2D eigenvalue weighted by Crippen LogP contribution is 2.50. The predicted molar refractivity (Wildman–Crippen MR) is 152 cm³/mol. The van der Waals surface area contributed by atoms with Crippen LogP contribution in [0.2, 0.25) is 0 Å². The van der Waals surface area contributed by atoms with Crippen molar-refractivity contribution >= 4 is 11.5 Å². The minimum Gasteiger partial charge on any atom is -0.497 e. The molecule has 0 saturated heterocycles. The molecule has 3 aromatic rings. The molecule has 2 aliphatic carbocycles. The van der Waals surface area contributed by atoms with E-state index >= 15 is 4.39 Å². The van der Waals surface area contributed by atoms with E-state index in [4.69, 9.17) is 9.47 Å². The Kier molecular flexibility index (Phi) is 7.53. The molecule has 0 heterocycles. The molecule has 1 N–H and O–H groups in total. The fourth-order valence-corrected chi connectivity index (χ4v) is 6.06. The van der Waals surface area contributed by atoms with Crippen LogP contribution in [0.1, 0.15) is 69.1 Å². The monoisotopic (exact) mass is 528 g/mol. The van der Waals surface area contributed by atoms with Gasteiger partial charge in [-0.1, -0.05) is 51.1 Å². The summed E-state index contributed by atoms with van der Waals surface area (Å²) in [7, 11) is 1.59. The van der Waals surface area contributed by atoms with E-state index < -0.39 is 5.97 Å². The summed E-state index contributed by atoms with van der Waals surface area (Å²) in [5.74, 6) is 1.25. The summed E-state index contributed by atoms with van der Waals surface area (Å²) in [5.41, 5.74) is 5.59. The van der Waals surface area contributed by atoms with Gasteiger partial charge in [0.1, 0.15) is 23.9 Å². The van der Waals surface area contributed by atoms with Crippen LogP contribution in [0.3, 0.4) is 0 Å². The molecule has 0 bridgehead atoms. The van der Waals surface area contributed by atoms with E-state index in [2.05, 4.69) is 32.9 Å². The molecular weight excluding hydrogens is 491 g/mol. The van der Waals surface area contributed by atoms with E-state index in [1.165, 1.54) is 11.6 Å². The first-order valence-electron chi connectivity index (χ1n) is 13.8. The molecule has 39 heavy (non-hydrogen) atoms. The van der Waals surface area contributed by atoms with E-state index in [1.807, 2.05) is 36.4 Å². The van der Waals surface area contributed by atoms with Crippen LogP contribution in [0.15, 0.2) is 66.7 Å². The van der Waals surface area contributed by atoms with Crippen molar-refractivity contribution in [3.63, 3.8) is 0 Å². The number of benzene rings is 3. The molecule has 2 aliphatic rings. The molecule has 3 atom stereocenters. The van der Waals surface area contributed by atoms with Crippen molar-refractivity contribution in [3.8, 4) is 22.6 Å². The summed E-state index contributed by atoms with van der Waals surface area (Å²) >= 11 is 0. The lowest BCUT2D eigenvalue weighted by molar-refractivity contribution is -0.137. The largest absolute Gasteiger partial charge is 0.497 e. The van der Waals surface area contributed by atoms with Crippen LogP contribution in [0.25, 0.3) is 16.7 Å². The first-order valence-corrected chi connectivity index (χ1v) is 13.8. The second-order valence-corrected chi connectivity index (χ2v) is 11.7. The lowest BCUT2D eigenvalue weighted by Crippen LogP contribution is -2.11. The van der Waals surface area contributed by atoms with Gasteiger partial charge in [-0.25, -0.2) is 4.39 Å². The third kappa shape index (κ3) is 5.88. The van der Waals surface area contributed by atoms with Gasteiger partial charge in [0, 0.05) is 5.56 Å². The molecule has 1 saturated carbocycles. The van der Waals surface area contributed by atoms with Crippen molar-refractivity contribution in [2.24, 2.45) is 17.3 Å². The maximum Gasteiger partial charge on any atom is 0.303 e. The average Bonchev–Trinajstić information content (AvgIpc) is 3.53. The highest BCUT2D eigenvalue weighted by Gasteiger charge is 2.41. The number of methoxy groups -OCH3 is 1. The minimum atomic E-state index is -0.769. The smallest absolute Gasteiger partial charge is 0.303 e. The van der Waals surface area contributed by atoms with Crippen LogP contribution >= 0.6 is 0 Å². The molecule has 0 unspecified atom stereocenters. The van der Waals surface area contributed by atoms with Gasteiger partial charge < -0.3 is 14.6 Å². The molecule has 0 spiro atoms. The highest BCUT2D eigenvalue weighted by atomic mass is 19.1. The number of aliphatic carboxylic acids is 1. The van der Waals surface area contributed by atoms with Crippen LogP contribution in [-0.4, -0.2) is 18.2 Å². The Hall–Kier alpha value is -3.60. The maximum absolute atomic E-state index is 15.1. The number of hydrogen-bond donors (Lipinski definition) is 1. The molecule has 204 valence electrons. The Bertz CT molecular complexity index is 1410. The van der Waals surface area contributed by atoms with Gasteiger partial charge in [-0.15, -0.1) is 0 Å². The number of ether oxygens (including phenoxy) is 2. The Labute approximate surface area is 230 Å². The summed E-state index contributed by atoms with van der Waals surface area (Å²) in [5, 5.41) is 9.47. The zero-order chi connectivity index (χ0) is 27.7. The predicted octanol–water partition coefficient (Wildman–Crippen LogP) is 8.50. The molecular formula is C34H37FO4. The summed E-state index contributed by atoms with van der Waals surface area (Å²) in [6, 6.07) is 18.8.